The van der Waals surface area contributed by atoms with Crippen molar-refractivity contribution in [2.75, 3.05) is 18.4 Å². The Hall–Kier alpha value is -3.18. The molecule has 1 amide bonds. The number of carbonyl (C=O) groups excluding carboxylic acids is 1. The molecule has 0 atom stereocenters. The quantitative estimate of drug-likeness (QED) is 0.498. The number of rotatable bonds is 5. The summed E-state index contributed by atoms with van der Waals surface area (Å²) < 4.78 is 2.30. The van der Waals surface area contributed by atoms with Crippen molar-refractivity contribution in [3.8, 4) is 0 Å². The number of piperidine rings is 1. The fourth-order valence-electron chi connectivity index (χ4n) is 4.72. The van der Waals surface area contributed by atoms with Gasteiger partial charge in [0.2, 0.25) is 5.91 Å². The van der Waals surface area contributed by atoms with Crippen LogP contribution >= 0.6 is 0 Å². The summed E-state index contributed by atoms with van der Waals surface area (Å²) in [5.41, 5.74) is 3.16. The Bertz CT molecular complexity index is 1220. The minimum Gasteiger partial charge on any atom is -0.327 e. The van der Waals surface area contributed by atoms with Crippen molar-refractivity contribution in [3.05, 3.63) is 72.6 Å². The summed E-state index contributed by atoms with van der Waals surface area (Å²) in [5.74, 6) is 1.30. The first-order valence-corrected chi connectivity index (χ1v) is 11.2. The van der Waals surface area contributed by atoms with E-state index in [2.05, 4.69) is 58.1 Å². The highest BCUT2D eigenvalue weighted by Crippen LogP contribution is 2.26. The number of nitrogens with one attached hydrogen (secondary N) is 1. The Morgan fingerprint density at radius 3 is 2.58 bits per heavy atom. The van der Waals surface area contributed by atoms with E-state index in [-0.39, 0.29) is 11.8 Å². The van der Waals surface area contributed by atoms with Gasteiger partial charge in [-0.15, -0.1) is 0 Å². The van der Waals surface area contributed by atoms with Gasteiger partial charge in [-0.2, -0.15) is 0 Å². The number of hydrogen-bond donors (Lipinski definition) is 1. The molecule has 0 aliphatic carbocycles. The Morgan fingerprint density at radius 2 is 1.74 bits per heavy atom. The third kappa shape index (κ3) is 3.93. The minimum absolute atomic E-state index is 0.0558. The molecule has 1 aliphatic rings. The Labute approximate surface area is 182 Å². The van der Waals surface area contributed by atoms with E-state index in [4.69, 9.17) is 4.98 Å². The second-order valence-electron chi connectivity index (χ2n) is 8.33. The molecule has 1 N–H and O–H groups in total. The average Bonchev–Trinajstić information content (AvgIpc) is 3.16. The second kappa shape index (κ2) is 8.52. The molecule has 0 spiro atoms. The number of aromatic nitrogens is 2. The monoisotopic (exact) mass is 412 g/mol. The average molecular weight is 413 g/mol. The van der Waals surface area contributed by atoms with Crippen LogP contribution in [0.5, 0.6) is 0 Å². The van der Waals surface area contributed by atoms with Crippen LogP contribution in [0.15, 0.2) is 66.7 Å². The van der Waals surface area contributed by atoms with Crippen LogP contribution in [0.2, 0.25) is 0 Å². The van der Waals surface area contributed by atoms with Crippen LogP contribution < -0.4 is 5.32 Å². The Kier molecular flexibility index (Phi) is 5.43. The van der Waals surface area contributed by atoms with Crippen LogP contribution in [-0.2, 0) is 17.9 Å². The van der Waals surface area contributed by atoms with Crippen LogP contribution in [0.3, 0.4) is 0 Å². The SMILES string of the molecule is CCn1c(CN2CCC(C(=O)Nc3cccc4ccccc34)CC2)nc2ccccc21. The highest BCUT2D eigenvalue weighted by atomic mass is 16.1. The third-order valence-electron chi connectivity index (χ3n) is 6.42. The van der Waals surface area contributed by atoms with Gasteiger partial charge in [-0.25, -0.2) is 4.98 Å². The summed E-state index contributed by atoms with van der Waals surface area (Å²) in [6.45, 7) is 5.75. The fraction of sp³-hybridized carbons (Fsp3) is 0.308. The standard InChI is InChI=1S/C26H28N4O/c1-2-30-24-13-6-5-11-23(24)27-25(30)18-29-16-14-20(15-17-29)26(31)28-22-12-7-9-19-8-3-4-10-21(19)22/h3-13,20H,2,14-18H2,1H3,(H,28,31). The van der Waals surface area contributed by atoms with E-state index < -0.39 is 0 Å². The lowest BCUT2D eigenvalue weighted by Crippen LogP contribution is -2.38. The predicted octanol–water partition coefficient (Wildman–Crippen LogP) is 5.06. The number of benzene rings is 3. The van der Waals surface area contributed by atoms with Crippen molar-refractivity contribution < 1.29 is 4.79 Å². The van der Waals surface area contributed by atoms with Crippen LogP contribution in [-0.4, -0.2) is 33.4 Å². The topological polar surface area (TPSA) is 50.2 Å². The Morgan fingerprint density at radius 1 is 1.00 bits per heavy atom. The normalized spacial score (nSPS) is 15.5. The molecule has 1 saturated heterocycles. The zero-order chi connectivity index (χ0) is 21.2. The zero-order valence-electron chi connectivity index (χ0n) is 17.9. The van der Waals surface area contributed by atoms with Gasteiger partial charge in [0.15, 0.2) is 0 Å². The number of likely N-dealkylation sites (tertiary alicyclic amines) is 1. The van der Waals surface area contributed by atoms with Crippen molar-refractivity contribution in [2.45, 2.75) is 32.9 Å². The summed E-state index contributed by atoms with van der Waals surface area (Å²) in [7, 11) is 0. The van der Waals surface area contributed by atoms with E-state index in [9.17, 15) is 4.79 Å². The van der Waals surface area contributed by atoms with E-state index in [0.717, 1.165) is 66.8 Å². The maximum absolute atomic E-state index is 12.9. The van der Waals surface area contributed by atoms with E-state index in [1.807, 2.05) is 30.3 Å². The fourth-order valence-corrected chi connectivity index (χ4v) is 4.72. The molecule has 2 heterocycles. The van der Waals surface area contributed by atoms with Crippen molar-refractivity contribution in [1.29, 1.82) is 0 Å². The van der Waals surface area contributed by atoms with Gasteiger partial charge in [0, 0.05) is 23.5 Å². The largest absolute Gasteiger partial charge is 0.327 e. The van der Waals surface area contributed by atoms with Crippen molar-refractivity contribution in [3.63, 3.8) is 0 Å². The summed E-state index contributed by atoms with van der Waals surface area (Å²) in [6, 6.07) is 22.6. The molecule has 4 aromatic rings. The molecular weight excluding hydrogens is 384 g/mol. The van der Waals surface area contributed by atoms with Crippen LogP contribution in [0, 0.1) is 5.92 Å². The third-order valence-corrected chi connectivity index (χ3v) is 6.42. The summed E-state index contributed by atoms with van der Waals surface area (Å²) in [5, 5.41) is 5.42. The maximum atomic E-state index is 12.9. The van der Waals surface area contributed by atoms with E-state index in [1.165, 1.54) is 5.52 Å². The number of nitrogens with zero attached hydrogens (tertiary/aromatic N) is 3. The number of aryl methyl sites for hydroxylation is 1. The minimum atomic E-state index is 0.0558. The van der Waals surface area contributed by atoms with Gasteiger partial charge in [0.25, 0.3) is 0 Å². The van der Waals surface area contributed by atoms with Crippen molar-refractivity contribution >= 4 is 33.4 Å². The Balaban J connectivity index is 1.23. The maximum Gasteiger partial charge on any atom is 0.227 e. The van der Waals surface area contributed by atoms with Crippen molar-refractivity contribution in [2.24, 2.45) is 5.92 Å². The van der Waals surface area contributed by atoms with Crippen LogP contribution in [0.1, 0.15) is 25.6 Å². The van der Waals surface area contributed by atoms with Gasteiger partial charge in [-0.1, -0.05) is 48.5 Å². The predicted molar refractivity (Wildman–Crippen MR) is 126 cm³/mol. The molecule has 0 radical (unpaired) electrons. The van der Waals surface area contributed by atoms with Crippen molar-refractivity contribution in [1.82, 2.24) is 14.5 Å². The molecule has 31 heavy (non-hydrogen) atoms. The smallest absolute Gasteiger partial charge is 0.227 e. The summed E-state index contributed by atoms with van der Waals surface area (Å²) in [6.07, 6.45) is 1.76. The summed E-state index contributed by atoms with van der Waals surface area (Å²) in [4.78, 5) is 20.2. The number of fused-ring (bicyclic) bond motifs is 2. The number of amides is 1. The van der Waals surface area contributed by atoms with Crippen LogP contribution in [0.4, 0.5) is 5.69 Å². The number of imidazole rings is 1. The first-order valence-electron chi connectivity index (χ1n) is 11.2. The number of carbonyl (C=O) groups is 1. The molecule has 5 heteroatoms. The highest BCUT2D eigenvalue weighted by molar-refractivity contribution is 6.02. The lowest BCUT2D eigenvalue weighted by atomic mass is 9.95. The van der Waals surface area contributed by atoms with Crippen LogP contribution in [0.25, 0.3) is 21.8 Å². The number of para-hydroxylation sites is 2. The van der Waals surface area contributed by atoms with E-state index in [1.54, 1.807) is 0 Å². The molecule has 1 aliphatic heterocycles. The molecule has 1 fully saturated rings. The van der Waals surface area contributed by atoms with Gasteiger partial charge >= 0.3 is 0 Å². The molecule has 1 aromatic heterocycles. The zero-order valence-corrected chi connectivity index (χ0v) is 17.9. The number of hydrogen-bond acceptors (Lipinski definition) is 3. The first-order chi connectivity index (χ1) is 15.2. The van der Waals surface area contributed by atoms with E-state index in [0.29, 0.717) is 0 Å². The molecule has 158 valence electrons. The molecule has 3 aromatic carbocycles. The number of anilines is 1. The molecule has 5 nitrogen and oxygen atoms in total. The van der Waals surface area contributed by atoms with E-state index >= 15 is 0 Å². The van der Waals surface area contributed by atoms with Gasteiger partial charge in [-0.3, -0.25) is 9.69 Å². The van der Waals surface area contributed by atoms with Gasteiger partial charge in [0.1, 0.15) is 5.82 Å². The molecule has 0 bridgehead atoms. The lowest BCUT2D eigenvalue weighted by molar-refractivity contribution is -0.121. The molecule has 0 saturated carbocycles. The first kappa shape index (κ1) is 19.8. The molecule has 0 unspecified atom stereocenters. The lowest BCUT2D eigenvalue weighted by Gasteiger charge is -2.31. The van der Waals surface area contributed by atoms with Gasteiger partial charge in [0.05, 0.1) is 17.6 Å². The second-order valence-corrected chi connectivity index (χ2v) is 8.33. The molecular formula is C26H28N4O. The van der Waals surface area contributed by atoms with Gasteiger partial charge < -0.3 is 9.88 Å². The highest BCUT2D eigenvalue weighted by Gasteiger charge is 2.26. The molecule has 5 rings (SSSR count). The van der Waals surface area contributed by atoms with Gasteiger partial charge in [-0.05, 0) is 56.4 Å². The summed E-state index contributed by atoms with van der Waals surface area (Å²) >= 11 is 0.